The molecule has 0 aliphatic rings. The Morgan fingerprint density at radius 3 is 2.77 bits per heavy atom. The average molecular weight is 426 g/mol. The molecule has 0 saturated carbocycles. The number of carbonyl (C=O) groups is 1. The lowest BCUT2D eigenvalue weighted by Crippen LogP contribution is -2.31. The van der Waals surface area contributed by atoms with Crippen LogP contribution in [0.1, 0.15) is 18.5 Å². The zero-order chi connectivity index (χ0) is 21.3. The SMILES string of the molecule is C[C@@H](NC(=O)Nc1cc2[nH]nc(-c3ccc(N)nc3)c2cn1)c1ccc(F)c(Cl)c1. The van der Waals surface area contributed by atoms with Gasteiger partial charge in [0.25, 0.3) is 0 Å². The second kappa shape index (κ2) is 7.96. The number of fused-ring (bicyclic) bond motifs is 1. The van der Waals surface area contributed by atoms with E-state index in [0.29, 0.717) is 28.4 Å². The molecule has 3 heterocycles. The molecule has 3 aromatic heterocycles. The van der Waals surface area contributed by atoms with Gasteiger partial charge in [-0.2, -0.15) is 5.10 Å². The van der Waals surface area contributed by atoms with Crippen molar-refractivity contribution >= 4 is 40.2 Å². The van der Waals surface area contributed by atoms with Crippen LogP contribution in [0, 0.1) is 5.82 Å². The van der Waals surface area contributed by atoms with E-state index in [4.69, 9.17) is 17.3 Å². The second-order valence-corrected chi connectivity index (χ2v) is 7.06. The summed E-state index contributed by atoms with van der Waals surface area (Å²) in [5.74, 6) is 0.254. The van der Waals surface area contributed by atoms with Crippen molar-refractivity contribution in [3.63, 3.8) is 0 Å². The molecular weight excluding hydrogens is 409 g/mol. The van der Waals surface area contributed by atoms with Gasteiger partial charge in [0.1, 0.15) is 23.1 Å². The van der Waals surface area contributed by atoms with Crippen LogP contribution in [0.25, 0.3) is 22.2 Å². The fraction of sp³-hybridized carbons (Fsp3) is 0.100. The zero-order valence-corrected chi connectivity index (χ0v) is 16.5. The molecule has 4 aromatic rings. The van der Waals surface area contributed by atoms with Crippen LogP contribution >= 0.6 is 11.6 Å². The maximum absolute atomic E-state index is 13.3. The highest BCUT2D eigenvalue weighted by molar-refractivity contribution is 6.30. The minimum absolute atomic E-state index is 0.0000261. The third kappa shape index (κ3) is 4.01. The average Bonchev–Trinajstić information content (AvgIpc) is 3.13. The Bertz CT molecular complexity index is 1230. The van der Waals surface area contributed by atoms with Crippen molar-refractivity contribution in [1.29, 1.82) is 0 Å². The third-order valence-electron chi connectivity index (χ3n) is 4.54. The number of nitrogen functional groups attached to an aromatic ring is 1. The molecule has 0 spiro atoms. The van der Waals surface area contributed by atoms with Gasteiger partial charge < -0.3 is 11.1 Å². The molecule has 0 aliphatic carbocycles. The normalized spacial score (nSPS) is 12.0. The van der Waals surface area contributed by atoms with Crippen LogP contribution in [-0.4, -0.2) is 26.2 Å². The monoisotopic (exact) mass is 425 g/mol. The molecule has 1 aromatic carbocycles. The van der Waals surface area contributed by atoms with E-state index in [-0.39, 0.29) is 11.1 Å². The molecule has 0 fully saturated rings. The minimum Gasteiger partial charge on any atom is -0.384 e. The topological polar surface area (TPSA) is 122 Å². The number of hydrogen-bond donors (Lipinski definition) is 4. The van der Waals surface area contributed by atoms with Crippen LogP contribution < -0.4 is 16.4 Å². The number of nitrogens with one attached hydrogen (secondary N) is 3. The smallest absolute Gasteiger partial charge is 0.320 e. The van der Waals surface area contributed by atoms with Crippen molar-refractivity contribution in [3.8, 4) is 11.3 Å². The van der Waals surface area contributed by atoms with Gasteiger partial charge in [0.15, 0.2) is 0 Å². The molecule has 10 heteroatoms. The second-order valence-electron chi connectivity index (χ2n) is 6.65. The number of nitrogens with zero attached hydrogens (tertiary/aromatic N) is 3. The van der Waals surface area contributed by atoms with Gasteiger partial charge in [0.05, 0.1) is 16.6 Å². The minimum atomic E-state index is -0.511. The van der Waals surface area contributed by atoms with E-state index in [9.17, 15) is 9.18 Å². The highest BCUT2D eigenvalue weighted by Crippen LogP contribution is 2.27. The summed E-state index contributed by atoms with van der Waals surface area (Å²) in [5, 5.41) is 13.4. The Morgan fingerprint density at radius 1 is 1.20 bits per heavy atom. The van der Waals surface area contributed by atoms with E-state index in [1.54, 1.807) is 37.5 Å². The first-order chi connectivity index (χ1) is 14.4. The molecule has 0 aliphatic heterocycles. The number of benzene rings is 1. The number of H-pyrrole nitrogens is 1. The van der Waals surface area contributed by atoms with Crippen molar-refractivity contribution in [3.05, 3.63) is 65.2 Å². The Hall–Kier alpha value is -3.72. The molecule has 4 rings (SSSR count). The van der Waals surface area contributed by atoms with Gasteiger partial charge in [-0.05, 0) is 36.8 Å². The molecular formula is C20H17ClFN7O. The number of anilines is 2. The maximum atomic E-state index is 13.3. The number of nitrogens with two attached hydrogens (primary N) is 1. The van der Waals surface area contributed by atoms with E-state index >= 15 is 0 Å². The van der Waals surface area contributed by atoms with Gasteiger partial charge >= 0.3 is 6.03 Å². The predicted octanol–water partition coefficient (Wildman–Crippen LogP) is 4.28. The van der Waals surface area contributed by atoms with E-state index in [0.717, 1.165) is 10.9 Å². The van der Waals surface area contributed by atoms with Crippen LogP contribution in [0.5, 0.6) is 0 Å². The van der Waals surface area contributed by atoms with Crippen LogP contribution in [0.15, 0.2) is 48.8 Å². The Kier molecular flexibility index (Phi) is 5.20. The van der Waals surface area contributed by atoms with Gasteiger partial charge in [0.2, 0.25) is 0 Å². The van der Waals surface area contributed by atoms with Crippen molar-refractivity contribution in [2.24, 2.45) is 0 Å². The zero-order valence-electron chi connectivity index (χ0n) is 15.8. The van der Waals surface area contributed by atoms with E-state index < -0.39 is 11.8 Å². The summed E-state index contributed by atoms with van der Waals surface area (Å²) in [4.78, 5) is 20.7. The van der Waals surface area contributed by atoms with E-state index in [1.807, 2.05) is 6.07 Å². The quantitative estimate of drug-likeness (QED) is 0.389. The number of aromatic amines is 1. The first-order valence-corrected chi connectivity index (χ1v) is 9.37. The Labute approximate surface area is 175 Å². The van der Waals surface area contributed by atoms with Crippen LogP contribution in [-0.2, 0) is 0 Å². The Morgan fingerprint density at radius 2 is 2.03 bits per heavy atom. The highest BCUT2D eigenvalue weighted by Gasteiger charge is 2.14. The third-order valence-corrected chi connectivity index (χ3v) is 4.83. The van der Waals surface area contributed by atoms with Gasteiger partial charge in [-0.3, -0.25) is 10.4 Å². The first kappa shape index (κ1) is 19.6. The molecule has 1 atom stereocenters. The fourth-order valence-corrected chi connectivity index (χ4v) is 3.15. The molecule has 2 amide bonds. The van der Waals surface area contributed by atoms with Crippen LogP contribution in [0.3, 0.4) is 0 Å². The van der Waals surface area contributed by atoms with Crippen molar-refractivity contribution in [2.45, 2.75) is 13.0 Å². The number of amides is 2. The molecule has 30 heavy (non-hydrogen) atoms. The molecule has 0 radical (unpaired) electrons. The lowest BCUT2D eigenvalue weighted by Gasteiger charge is -2.15. The summed E-state index contributed by atoms with van der Waals surface area (Å²) in [5.41, 5.74) is 8.48. The number of carbonyl (C=O) groups excluding carboxylic acids is 1. The largest absolute Gasteiger partial charge is 0.384 e. The number of halogens is 2. The highest BCUT2D eigenvalue weighted by atomic mass is 35.5. The van der Waals surface area contributed by atoms with Crippen molar-refractivity contribution in [2.75, 3.05) is 11.1 Å². The van der Waals surface area contributed by atoms with E-state index in [2.05, 4.69) is 30.8 Å². The lowest BCUT2D eigenvalue weighted by molar-refractivity contribution is 0.249. The van der Waals surface area contributed by atoms with Crippen LogP contribution in [0.2, 0.25) is 5.02 Å². The van der Waals surface area contributed by atoms with Gasteiger partial charge in [-0.1, -0.05) is 17.7 Å². The number of aromatic nitrogens is 4. The number of pyridine rings is 2. The lowest BCUT2D eigenvalue weighted by atomic mass is 10.1. The van der Waals surface area contributed by atoms with Crippen LogP contribution in [0.4, 0.5) is 20.8 Å². The molecule has 0 unspecified atom stereocenters. The fourth-order valence-electron chi connectivity index (χ4n) is 2.96. The van der Waals surface area contributed by atoms with Gasteiger partial charge in [0, 0.05) is 29.4 Å². The molecule has 8 nitrogen and oxygen atoms in total. The van der Waals surface area contributed by atoms with Gasteiger partial charge in [-0.25, -0.2) is 19.2 Å². The van der Waals surface area contributed by atoms with Crippen molar-refractivity contribution < 1.29 is 9.18 Å². The number of rotatable bonds is 4. The summed E-state index contributed by atoms with van der Waals surface area (Å²) in [6, 6.07) is 8.64. The first-order valence-electron chi connectivity index (χ1n) is 8.99. The van der Waals surface area contributed by atoms with Crippen molar-refractivity contribution in [1.82, 2.24) is 25.5 Å². The Balaban J connectivity index is 1.48. The van der Waals surface area contributed by atoms with Gasteiger partial charge in [-0.15, -0.1) is 0 Å². The standard InChI is InChI=1S/C20H17ClFN7O/c1-10(11-2-4-15(22)14(21)6-11)26-20(30)27-18-7-16-13(9-25-18)19(29-28-16)12-3-5-17(23)24-8-12/h2-10H,1H3,(H2,23,24)(H,28,29)(H2,25,26,27,30)/t10-/m1/s1. The molecule has 0 saturated heterocycles. The number of hydrogen-bond acceptors (Lipinski definition) is 5. The maximum Gasteiger partial charge on any atom is 0.320 e. The predicted molar refractivity (Wildman–Crippen MR) is 114 cm³/mol. The number of urea groups is 1. The summed E-state index contributed by atoms with van der Waals surface area (Å²) in [6.07, 6.45) is 3.25. The summed E-state index contributed by atoms with van der Waals surface area (Å²) in [7, 11) is 0. The molecule has 152 valence electrons. The molecule has 0 bridgehead atoms. The van der Waals surface area contributed by atoms with E-state index in [1.165, 1.54) is 12.1 Å². The molecule has 5 N–H and O–H groups in total. The summed E-state index contributed by atoms with van der Waals surface area (Å²) >= 11 is 5.80. The summed E-state index contributed by atoms with van der Waals surface area (Å²) in [6.45, 7) is 1.77. The summed E-state index contributed by atoms with van der Waals surface area (Å²) < 4.78 is 13.3.